The summed E-state index contributed by atoms with van der Waals surface area (Å²) < 4.78 is 13.2. The van der Waals surface area contributed by atoms with E-state index in [1.165, 1.54) is 6.07 Å². The van der Waals surface area contributed by atoms with E-state index in [-0.39, 0.29) is 17.5 Å². The molecule has 0 saturated heterocycles. The summed E-state index contributed by atoms with van der Waals surface area (Å²) in [4.78, 5) is 18.0. The summed E-state index contributed by atoms with van der Waals surface area (Å²) in [5, 5.41) is 5.78. The first-order valence-corrected chi connectivity index (χ1v) is 6.29. The molecule has 6 heteroatoms. The van der Waals surface area contributed by atoms with Crippen molar-refractivity contribution in [3.63, 3.8) is 0 Å². The van der Waals surface area contributed by atoms with Crippen LogP contribution in [-0.2, 0) is 0 Å². The van der Waals surface area contributed by atoms with Gasteiger partial charge in [-0.1, -0.05) is 0 Å². The van der Waals surface area contributed by atoms with Gasteiger partial charge < -0.3 is 15.5 Å². The van der Waals surface area contributed by atoms with Gasteiger partial charge in [0.2, 0.25) is 0 Å². The van der Waals surface area contributed by atoms with Crippen molar-refractivity contribution >= 4 is 11.7 Å². The molecule has 0 aliphatic carbocycles. The van der Waals surface area contributed by atoms with E-state index in [4.69, 9.17) is 0 Å². The highest BCUT2D eigenvalue weighted by Gasteiger charge is 2.16. The van der Waals surface area contributed by atoms with Crippen LogP contribution >= 0.6 is 0 Å². The molecular weight excluding hydrogens is 247 g/mol. The third-order valence-corrected chi connectivity index (χ3v) is 2.46. The Balaban J connectivity index is 2.83. The molecule has 0 bridgehead atoms. The van der Waals surface area contributed by atoms with Gasteiger partial charge in [-0.05, 0) is 34.0 Å². The molecule has 0 aliphatic rings. The predicted octanol–water partition coefficient (Wildman–Crippen LogP) is 1.33. The number of likely N-dealkylation sites (N-methyl/N-ethyl adjacent to an activating group) is 1. The standard InChI is InChI=1S/C13H21FN4O/c1-5-15-12-11(6-10(14)7-16-12)13(19)17-9(2)8-18(3)4/h6-7,9H,5,8H2,1-4H3,(H,15,16)(H,17,19). The van der Waals surface area contributed by atoms with Gasteiger partial charge in [0.1, 0.15) is 11.6 Å². The molecule has 1 atom stereocenters. The molecule has 1 amide bonds. The molecule has 106 valence electrons. The molecule has 0 aromatic carbocycles. The third-order valence-electron chi connectivity index (χ3n) is 2.46. The molecule has 2 N–H and O–H groups in total. The molecule has 19 heavy (non-hydrogen) atoms. The number of rotatable bonds is 6. The van der Waals surface area contributed by atoms with E-state index >= 15 is 0 Å². The molecule has 1 rings (SSSR count). The van der Waals surface area contributed by atoms with Crippen molar-refractivity contribution in [2.45, 2.75) is 19.9 Å². The summed E-state index contributed by atoms with van der Waals surface area (Å²) >= 11 is 0. The number of nitrogens with zero attached hydrogens (tertiary/aromatic N) is 2. The molecular formula is C13H21FN4O. The molecule has 1 unspecified atom stereocenters. The van der Waals surface area contributed by atoms with Crippen molar-refractivity contribution in [3.8, 4) is 0 Å². The minimum atomic E-state index is -0.521. The zero-order valence-electron chi connectivity index (χ0n) is 11.8. The molecule has 0 radical (unpaired) electrons. The van der Waals surface area contributed by atoms with Crippen molar-refractivity contribution in [2.24, 2.45) is 0 Å². The molecule has 0 saturated carbocycles. The van der Waals surface area contributed by atoms with E-state index < -0.39 is 5.82 Å². The lowest BCUT2D eigenvalue weighted by Gasteiger charge is -2.19. The average Bonchev–Trinajstić information content (AvgIpc) is 2.30. The third kappa shape index (κ3) is 4.82. The number of aromatic nitrogens is 1. The summed E-state index contributed by atoms with van der Waals surface area (Å²) in [5.74, 6) is -0.442. The maximum absolute atomic E-state index is 13.2. The average molecular weight is 268 g/mol. The van der Waals surface area contributed by atoms with Crippen LogP contribution in [0.25, 0.3) is 0 Å². The number of hydrogen-bond acceptors (Lipinski definition) is 4. The SMILES string of the molecule is CCNc1ncc(F)cc1C(=O)NC(C)CN(C)C. The van der Waals surface area contributed by atoms with Gasteiger partial charge >= 0.3 is 0 Å². The minimum absolute atomic E-state index is 0.0276. The van der Waals surface area contributed by atoms with Crippen LogP contribution < -0.4 is 10.6 Å². The summed E-state index contributed by atoms with van der Waals surface area (Å²) in [6, 6.07) is 1.17. The van der Waals surface area contributed by atoms with Gasteiger partial charge in [-0.15, -0.1) is 0 Å². The predicted molar refractivity (Wildman–Crippen MR) is 73.8 cm³/mol. The van der Waals surface area contributed by atoms with Gasteiger partial charge in [-0.3, -0.25) is 4.79 Å². The van der Waals surface area contributed by atoms with Crippen LogP contribution in [0, 0.1) is 5.82 Å². The van der Waals surface area contributed by atoms with Gasteiger partial charge in [0.05, 0.1) is 11.8 Å². The lowest BCUT2D eigenvalue weighted by Crippen LogP contribution is -2.39. The van der Waals surface area contributed by atoms with E-state index in [9.17, 15) is 9.18 Å². The number of anilines is 1. The summed E-state index contributed by atoms with van der Waals surface area (Å²) in [6.45, 7) is 5.12. The number of pyridine rings is 1. The highest BCUT2D eigenvalue weighted by Crippen LogP contribution is 2.13. The maximum atomic E-state index is 13.2. The van der Waals surface area contributed by atoms with Crippen molar-refractivity contribution in [1.82, 2.24) is 15.2 Å². The highest BCUT2D eigenvalue weighted by atomic mass is 19.1. The molecule has 0 spiro atoms. The molecule has 0 aliphatic heterocycles. The van der Waals surface area contributed by atoms with Crippen LogP contribution in [0.2, 0.25) is 0 Å². The molecule has 0 fully saturated rings. The quantitative estimate of drug-likeness (QED) is 0.817. The Morgan fingerprint density at radius 1 is 1.53 bits per heavy atom. The monoisotopic (exact) mass is 268 g/mol. The number of halogens is 1. The van der Waals surface area contributed by atoms with Crippen molar-refractivity contribution in [2.75, 3.05) is 32.5 Å². The van der Waals surface area contributed by atoms with Gasteiger partial charge in [-0.2, -0.15) is 0 Å². The van der Waals surface area contributed by atoms with E-state index in [0.29, 0.717) is 18.9 Å². The van der Waals surface area contributed by atoms with Gasteiger partial charge in [0, 0.05) is 19.1 Å². The van der Waals surface area contributed by atoms with E-state index in [1.54, 1.807) is 0 Å². The fourth-order valence-corrected chi connectivity index (χ4v) is 1.82. The zero-order chi connectivity index (χ0) is 14.4. The Hall–Kier alpha value is -1.69. The largest absolute Gasteiger partial charge is 0.370 e. The van der Waals surface area contributed by atoms with Crippen LogP contribution in [0.1, 0.15) is 24.2 Å². The topological polar surface area (TPSA) is 57.3 Å². The van der Waals surface area contributed by atoms with Gasteiger partial charge in [0.15, 0.2) is 0 Å². The van der Waals surface area contributed by atoms with E-state index in [0.717, 1.165) is 6.20 Å². The fraction of sp³-hybridized carbons (Fsp3) is 0.538. The number of hydrogen-bond donors (Lipinski definition) is 2. The van der Waals surface area contributed by atoms with Crippen LogP contribution in [0.4, 0.5) is 10.2 Å². The first-order chi connectivity index (χ1) is 8.93. The first kappa shape index (κ1) is 15.4. The van der Waals surface area contributed by atoms with Crippen molar-refractivity contribution in [3.05, 3.63) is 23.6 Å². The second-order valence-corrected chi connectivity index (χ2v) is 4.72. The molecule has 1 aromatic heterocycles. The van der Waals surface area contributed by atoms with E-state index in [1.807, 2.05) is 32.8 Å². The van der Waals surface area contributed by atoms with Gasteiger partial charge in [-0.25, -0.2) is 9.37 Å². The normalized spacial score (nSPS) is 12.3. The Labute approximate surface area is 113 Å². The number of nitrogens with one attached hydrogen (secondary N) is 2. The highest BCUT2D eigenvalue weighted by molar-refractivity contribution is 5.98. The second kappa shape index (κ2) is 7.04. The van der Waals surface area contributed by atoms with Crippen molar-refractivity contribution in [1.29, 1.82) is 0 Å². The number of carbonyl (C=O) groups excluding carboxylic acids is 1. The lowest BCUT2D eigenvalue weighted by atomic mass is 10.2. The van der Waals surface area contributed by atoms with Crippen LogP contribution in [0.5, 0.6) is 0 Å². The van der Waals surface area contributed by atoms with E-state index in [2.05, 4.69) is 15.6 Å². The Morgan fingerprint density at radius 2 is 2.21 bits per heavy atom. The summed E-state index contributed by atoms with van der Waals surface area (Å²) in [5.41, 5.74) is 0.229. The number of carbonyl (C=O) groups is 1. The minimum Gasteiger partial charge on any atom is -0.370 e. The fourth-order valence-electron chi connectivity index (χ4n) is 1.82. The smallest absolute Gasteiger partial charge is 0.255 e. The maximum Gasteiger partial charge on any atom is 0.255 e. The lowest BCUT2D eigenvalue weighted by molar-refractivity contribution is 0.0934. The molecule has 5 nitrogen and oxygen atoms in total. The first-order valence-electron chi connectivity index (χ1n) is 6.29. The van der Waals surface area contributed by atoms with Crippen LogP contribution in [-0.4, -0.2) is 49.0 Å². The zero-order valence-corrected chi connectivity index (χ0v) is 11.8. The summed E-state index contributed by atoms with van der Waals surface area (Å²) in [7, 11) is 3.85. The Morgan fingerprint density at radius 3 is 2.79 bits per heavy atom. The summed E-state index contributed by atoms with van der Waals surface area (Å²) in [6.07, 6.45) is 1.10. The van der Waals surface area contributed by atoms with Gasteiger partial charge in [0.25, 0.3) is 5.91 Å². The van der Waals surface area contributed by atoms with Crippen LogP contribution in [0.15, 0.2) is 12.3 Å². The van der Waals surface area contributed by atoms with Crippen LogP contribution in [0.3, 0.4) is 0 Å². The number of amides is 1. The second-order valence-electron chi connectivity index (χ2n) is 4.72. The molecule has 1 heterocycles. The molecule has 1 aromatic rings. The van der Waals surface area contributed by atoms with Crippen molar-refractivity contribution < 1.29 is 9.18 Å². The Bertz CT molecular complexity index is 437. The Kier molecular flexibility index (Phi) is 5.69.